The molecule has 2 rings (SSSR count). The first-order valence-corrected chi connectivity index (χ1v) is 3.29. The summed E-state index contributed by atoms with van der Waals surface area (Å²) < 4.78 is 0.736. The lowest BCUT2D eigenvalue weighted by atomic mass is 10.6. The van der Waals surface area contributed by atoms with E-state index in [-0.39, 0.29) is 6.03 Å². The van der Waals surface area contributed by atoms with Crippen LogP contribution in [0, 0.1) is 0 Å². The van der Waals surface area contributed by atoms with E-state index in [9.17, 15) is 4.79 Å². The lowest BCUT2D eigenvalue weighted by Crippen LogP contribution is -2.12. The molecule has 1 aromatic heterocycles. The van der Waals surface area contributed by atoms with Crippen molar-refractivity contribution in [3.63, 3.8) is 0 Å². The van der Waals surface area contributed by atoms with Gasteiger partial charge in [0.05, 0.1) is 0 Å². The molecule has 0 radical (unpaired) electrons. The van der Waals surface area contributed by atoms with Crippen molar-refractivity contribution < 1.29 is 4.79 Å². The Bertz CT molecular complexity index is 332. The fourth-order valence-corrected chi connectivity index (χ4v) is 1.37. The first-order chi connectivity index (χ1) is 4.36. The number of fused-ring (bicyclic) bond motifs is 1. The number of hydrogen-bond acceptors (Lipinski definition) is 2. The van der Waals surface area contributed by atoms with Gasteiger partial charge in [-0.15, -0.1) is 11.3 Å². The van der Waals surface area contributed by atoms with Crippen LogP contribution in [-0.2, 0) is 0 Å². The molecule has 0 fully saturated rings. The molecule has 1 aliphatic rings. The molecule has 44 valence electrons. The Labute approximate surface area is 54.4 Å². The molecular formula is C5H2N2OS. The Morgan fingerprint density at radius 3 is 3.11 bits per heavy atom. The van der Waals surface area contributed by atoms with Crippen LogP contribution >= 0.6 is 11.3 Å². The zero-order valence-electron chi connectivity index (χ0n) is 4.37. The van der Waals surface area contributed by atoms with Crippen LogP contribution in [0.25, 0.3) is 0 Å². The molecule has 0 aliphatic carbocycles. The Morgan fingerprint density at radius 1 is 1.44 bits per heavy atom. The van der Waals surface area contributed by atoms with Crippen LogP contribution < -0.4 is 10.0 Å². The summed E-state index contributed by atoms with van der Waals surface area (Å²) in [6, 6.07) is 1.41. The van der Waals surface area contributed by atoms with Crippen molar-refractivity contribution in [1.82, 2.24) is 0 Å². The largest absolute Gasteiger partial charge is 0.369 e. The second-order valence-corrected chi connectivity index (χ2v) is 2.51. The normalized spacial score (nSPS) is 14.4. The molecule has 0 saturated heterocycles. The molecule has 2 amide bonds. The summed E-state index contributed by atoms with van der Waals surface area (Å²) in [7, 11) is 0. The van der Waals surface area contributed by atoms with Crippen molar-refractivity contribution in [2.75, 3.05) is 0 Å². The summed E-state index contributed by atoms with van der Waals surface area (Å²) in [6.45, 7) is 0. The van der Waals surface area contributed by atoms with Crippen molar-refractivity contribution in [1.29, 1.82) is 0 Å². The number of hydrogen-bond donors (Lipinski definition) is 0. The highest BCUT2D eigenvalue weighted by atomic mass is 32.1. The second-order valence-electron chi connectivity index (χ2n) is 1.62. The minimum Gasteiger partial charge on any atom is -0.244 e. The number of thiophene rings is 1. The Balaban J connectivity index is 3.01. The number of nitrogens with zero attached hydrogens (tertiary/aromatic N) is 2. The fourth-order valence-electron chi connectivity index (χ4n) is 0.678. The minimum atomic E-state index is -0.378. The molecule has 0 unspecified atom stereocenters. The van der Waals surface area contributed by atoms with Crippen LogP contribution in [0.4, 0.5) is 4.79 Å². The van der Waals surface area contributed by atoms with Gasteiger partial charge in [-0.1, -0.05) is 0 Å². The van der Waals surface area contributed by atoms with E-state index >= 15 is 0 Å². The molecule has 0 aromatic carbocycles. The van der Waals surface area contributed by atoms with Gasteiger partial charge < -0.3 is 0 Å². The first kappa shape index (κ1) is 4.81. The van der Waals surface area contributed by atoms with Gasteiger partial charge in [0, 0.05) is 0 Å². The Hall–Kier alpha value is -1.03. The molecule has 3 nitrogen and oxygen atoms in total. The van der Waals surface area contributed by atoms with Gasteiger partial charge in [-0.2, -0.15) is 9.98 Å². The van der Waals surface area contributed by atoms with E-state index in [0.29, 0.717) is 5.36 Å². The molecule has 9 heavy (non-hydrogen) atoms. The van der Waals surface area contributed by atoms with Gasteiger partial charge in [-0.25, -0.2) is 4.79 Å². The van der Waals surface area contributed by atoms with Crippen LogP contribution in [0.3, 0.4) is 0 Å². The van der Waals surface area contributed by atoms with Gasteiger partial charge >= 0.3 is 6.03 Å². The smallest absolute Gasteiger partial charge is 0.244 e. The van der Waals surface area contributed by atoms with Crippen molar-refractivity contribution in [3.05, 3.63) is 21.5 Å². The van der Waals surface area contributed by atoms with Gasteiger partial charge in [0.15, 0.2) is 0 Å². The number of rotatable bonds is 0. The van der Waals surface area contributed by atoms with Crippen LogP contribution in [0.1, 0.15) is 0 Å². The number of urea groups is 1. The summed E-state index contributed by atoms with van der Waals surface area (Å²) >= 11 is 1.43. The van der Waals surface area contributed by atoms with Gasteiger partial charge in [-0.3, -0.25) is 0 Å². The maximum Gasteiger partial charge on any atom is 0.369 e. The van der Waals surface area contributed by atoms with E-state index < -0.39 is 0 Å². The molecule has 1 aliphatic heterocycles. The standard InChI is InChI=1S/C5H2N2OS/c8-5-6-3-1-2-9-4(3)7-5/h1-2H. The first-order valence-electron chi connectivity index (χ1n) is 2.41. The van der Waals surface area contributed by atoms with Gasteiger partial charge in [0.1, 0.15) is 10.0 Å². The zero-order chi connectivity index (χ0) is 6.27. The highest BCUT2D eigenvalue weighted by Gasteiger charge is 2.03. The van der Waals surface area contributed by atoms with Gasteiger partial charge in [0.25, 0.3) is 0 Å². The van der Waals surface area contributed by atoms with Crippen LogP contribution in [0.15, 0.2) is 21.4 Å². The Morgan fingerprint density at radius 2 is 2.33 bits per heavy atom. The lowest BCUT2D eigenvalue weighted by molar-refractivity contribution is 0.257. The van der Waals surface area contributed by atoms with Crippen molar-refractivity contribution in [2.24, 2.45) is 9.98 Å². The molecular weight excluding hydrogens is 136 g/mol. The van der Waals surface area contributed by atoms with E-state index in [1.807, 2.05) is 5.38 Å². The number of carbonyl (C=O) groups excluding carboxylic acids is 1. The SMILES string of the molecule is O=C1N=c2ccsc2=N1. The quantitative estimate of drug-likeness (QED) is 0.502. The van der Waals surface area contributed by atoms with Crippen LogP contribution in [-0.4, -0.2) is 6.03 Å². The average molecular weight is 138 g/mol. The molecule has 0 N–H and O–H groups in total. The number of carbonyl (C=O) groups is 1. The maximum atomic E-state index is 10.4. The minimum absolute atomic E-state index is 0.378. The highest BCUT2D eigenvalue weighted by Crippen LogP contribution is 1.88. The molecule has 0 bridgehead atoms. The molecule has 0 spiro atoms. The summed E-state index contributed by atoms with van der Waals surface area (Å²) in [5.74, 6) is 0. The molecule has 0 atom stereocenters. The maximum absolute atomic E-state index is 10.4. The predicted octanol–water partition coefficient (Wildman–Crippen LogP) is 0.121. The summed E-state index contributed by atoms with van der Waals surface area (Å²) in [5, 5.41) is 2.58. The van der Waals surface area contributed by atoms with Crippen molar-refractivity contribution in [2.45, 2.75) is 0 Å². The molecule has 1 aromatic rings. The third-order valence-corrected chi connectivity index (χ3v) is 1.83. The summed E-state index contributed by atoms with van der Waals surface area (Å²) in [5.41, 5.74) is 0. The zero-order valence-corrected chi connectivity index (χ0v) is 5.18. The van der Waals surface area contributed by atoms with E-state index in [1.54, 1.807) is 6.07 Å². The third-order valence-electron chi connectivity index (χ3n) is 1.04. The summed E-state index contributed by atoms with van der Waals surface area (Å²) in [6.07, 6.45) is 0. The topological polar surface area (TPSA) is 41.8 Å². The van der Waals surface area contributed by atoms with Crippen molar-refractivity contribution >= 4 is 17.4 Å². The van der Waals surface area contributed by atoms with Gasteiger partial charge in [0.2, 0.25) is 0 Å². The molecule has 2 heterocycles. The molecule has 0 saturated carbocycles. The average Bonchev–Trinajstić information content (AvgIpc) is 2.22. The third kappa shape index (κ3) is 0.598. The predicted molar refractivity (Wildman–Crippen MR) is 32.0 cm³/mol. The molecule has 4 heteroatoms. The summed E-state index contributed by atoms with van der Waals surface area (Å²) in [4.78, 5) is 17.7. The van der Waals surface area contributed by atoms with Crippen molar-refractivity contribution in [3.8, 4) is 0 Å². The van der Waals surface area contributed by atoms with E-state index in [1.165, 1.54) is 11.3 Å². The monoisotopic (exact) mass is 138 g/mol. The van der Waals surface area contributed by atoms with E-state index in [0.717, 1.165) is 4.67 Å². The van der Waals surface area contributed by atoms with Gasteiger partial charge in [-0.05, 0) is 11.4 Å². The second kappa shape index (κ2) is 1.48. The van der Waals surface area contributed by atoms with Crippen LogP contribution in [0.2, 0.25) is 0 Å². The van der Waals surface area contributed by atoms with E-state index in [4.69, 9.17) is 0 Å². The lowest BCUT2D eigenvalue weighted by Gasteiger charge is -1.66. The highest BCUT2D eigenvalue weighted by molar-refractivity contribution is 7.07. The van der Waals surface area contributed by atoms with E-state index in [2.05, 4.69) is 9.98 Å². The number of amides is 2. The van der Waals surface area contributed by atoms with Crippen LogP contribution in [0.5, 0.6) is 0 Å². The fraction of sp³-hybridized carbons (Fsp3) is 0. The Kier molecular flexibility index (Phi) is 0.790.